The summed E-state index contributed by atoms with van der Waals surface area (Å²) in [6.07, 6.45) is 0. The summed E-state index contributed by atoms with van der Waals surface area (Å²) in [6.45, 7) is -2.35. The van der Waals surface area contributed by atoms with Crippen LogP contribution in [0.25, 0.3) is 0 Å². The number of hydrogen-bond donors (Lipinski definition) is 10. The number of aliphatic hydroxyl groups excluding tert-OH is 7. The molecule has 10 nitrogen and oxygen atoms in total. The van der Waals surface area contributed by atoms with Crippen LogP contribution in [0.5, 0.6) is 0 Å². The molecular formula is C10H30ClN3O7. The fraction of sp³-hybridized carbons (Fsp3) is 1.00. The van der Waals surface area contributed by atoms with Crippen molar-refractivity contribution in [2.45, 2.75) is 11.1 Å². The lowest BCUT2D eigenvalue weighted by molar-refractivity contribution is 0.0695. The molecule has 0 bridgehead atoms. The molecule has 0 aromatic carbocycles. The third kappa shape index (κ3) is 17.8. The Morgan fingerprint density at radius 1 is 0.667 bits per heavy atom. The van der Waals surface area contributed by atoms with E-state index in [-0.39, 0.29) is 19.1 Å². The standard InChI is InChI=1S/2C4H11NO3.C2H7NO.ClH/c2*5-4(1-6,2-7)3-8;1-3-2-4;/h2*6-8H,1-3,5H2;3-4H,2H2,1H3;1H. The summed E-state index contributed by atoms with van der Waals surface area (Å²) in [5.74, 6) is 0. The van der Waals surface area contributed by atoms with Gasteiger partial charge in [-0.15, -0.1) is 12.4 Å². The van der Waals surface area contributed by atoms with Crippen LogP contribution in [0.3, 0.4) is 0 Å². The Labute approximate surface area is 130 Å². The number of nitrogens with two attached hydrogens (primary N) is 2. The van der Waals surface area contributed by atoms with Gasteiger partial charge in [0.05, 0.1) is 57.4 Å². The number of nitrogens with one attached hydrogen (secondary N) is 1. The van der Waals surface area contributed by atoms with E-state index in [0.29, 0.717) is 0 Å². The SMILES string of the molecule is CNCO.Cl.NC(CO)(CO)CO.NC(CO)(CO)CO. The molecule has 12 N–H and O–H groups in total. The molecule has 0 aliphatic heterocycles. The lowest BCUT2D eigenvalue weighted by Gasteiger charge is -2.20. The van der Waals surface area contributed by atoms with E-state index in [1.54, 1.807) is 7.05 Å². The van der Waals surface area contributed by atoms with Gasteiger partial charge in [0.2, 0.25) is 0 Å². The Morgan fingerprint density at radius 3 is 0.810 bits per heavy atom. The van der Waals surface area contributed by atoms with Crippen molar-refractivity contribution in [3.63, 3.8) is 0 Å². The average Bonchev–Trinajstić information content (AvgIpc) is 2.54. The highest BCUT2D eigenvalue weighted by Crippen LogP contribution is 1.93. The molecule has 0 heterocycles. The first-order chi connectivity index (χ1) is 9.28. The first-order valence-corrected chi connectivity index (χ1v) is 5.77. The van der Waals surface area contributed by atoms with E-state index in [2.05, 4.69) is 5.32 Å². The second-order valence-electron chi connectivity index (χ2n) is 4.19. The van der Waals surface area contributed by atoms with Gasteiger partial charge in [0.1, 0.15) is 0 Å². The molecule has 11 heteroatoms. The molecule has 0 aliphatic carbocycles. The van der Waals surface area contributed by atoms with Crippen LogP contribution in [0.2, 0.25) is 0 Å². The first-order valence-electron chi connectivity index (χ1n) is 5.77. The van der Waals surface area contributed by atoms with Crippen LogP contribution in [0.1, 0.15) is 0 Å². The summed E-state index contributed by atoms with van der Waals surface area (Å²) in [7, 11) is 1.68. The lowest BCUT2D eigenvalue weighted by Crippen LogP contribution is -2.50. The fourth-order valence-corrected chi connectivity index (χ4v) is 0.300. The van der Waals surface area contributed by atoms with Crippen molar-refractivity contribution in [3.05, 3.63) is 0 Å². The van der Waals surface area contributed by atoms with Crippen molar-refractivity contribution in [1.29, 1.82) is 0 Å². The van der Waals surface area contributed by atoms with Gasteiger partial charge in [-0.3, -0.25) is 5.32 Å². The van der Waals surface area contributed by atoms with Gasteiger partial charge in [-0.25, -0.2) is 0 Å². The molecule has 21 heavy (non-hydrogen) atoms. The first kappa shape index (κ1) is 29.0. The van der Waals surface area contributed by atoms with Crippen molar-refractivity contribution in [2.24, 2.45) is 11.5 Å². The molecule has 0 rings (SSSR count). The van der Waals surface area contributed by atoms with Crippen LogP contribution >= 0.6 is 12.4 Å². The number of hydrogen-bond acceptors (Lipinski definition) is 10. The Bertz CT molecular complexity index is 159. The molecule has 0 atom stereocenters. The van der Waals surface area contributed by atoms with Gasteiger partial charge in [0, 0.05) is 0 Å². The monoisotopic (exact) mass is 339 g/mol. The maximum atomic E-state index is 8.34. The van der Waals surface area contributed by atoms with Gasteiger partial charge in [0.15, 0.2) is 0 Å². The third-order valence-corrected chi connectivity index (χ3v) is 2.05. The van der Waals surface area contributed by atoms with Crippen molar-refractivity contribution < 1.29 is 35.7 Å². The maximum Gasteiger partial charge on any atom is 0.0929 e. The van der Waals surface area contributed by atoms with E-state index in [1.807, 2.05) is 0 Å². The summed E-state index contributed by atoms with van der Waals surface area (Å²) < 4.78 is 0. The normalized spacial score (nSPS) is 10.6. The molecule has 0 fully saturated rings. The van der Waals surface area contributed by atoms with Gasteiger partial charge in [-0.05, 0) is 7.05 Å². The second-order valence-corrected chi connectivity index (χ2v) is 4.19. The number of aliphatic hydroxyl groups is 7. The topological polar surface area (TPSA) is 206 Å². The molecular weight excluding hydrogens is 310 g/mol. The van der Waals surface area contributed by atoms with E-state index in [0.717, 1.165) is 0 Å². The predicted octanol–water partition coefficient (Wildman–Crippen LogP) is -5.10. The largest absolute Gasteiger partial charge is 0.394 e. The van der Waals surface area contributed by atoms with E-state index in [9.17, 15) is 0 Å². The molecule has 0 saturated heterocycles. The van der Waals surface area contributed by atoms with Crippen LogP contribution in [0, 0.1) is 0 Å². The summed E-state index contributed by atoms with van der Waals surface area (Å²) in [4.78, 5) is 0. The minimum atomic E-state index is -1.21. The van der Waals surface area contributed by atoms with Crippen LogP contribution in [0.4, 0.5) is 0 Å². The van der Waals surface area contributed by atoms with E-state index >= 15 is 0 Å². The van der Waals surface area contributed by atoms with Gasteiger partial charge >= 0.3 is 0 Å². The van der Waals surface area contributed by atoms with Gasteiger partial charge in [0.25, 0.3) is 0 Å². The van der Waals surface area contributed by atoms with Crippen LogP contribution in [-0.2, 0) is 0 Å². The smallest absolute Gasteiger partial charge is 0.0929 e. The number of rotatable bonds is 7. The highest BCUT2D eigenvalue weighted by atomic mass is 35.5. The molecule has 0 aromatic heterocycles. The number of halogens is 1. The third-order valence-electron chi connectivity index (χ3n) is 2.05. The summed E-state index contributed by atoms with van der Waals surface area (Å²) in [6, 6.07) is 0. The molecule has 0 aliphatic rings. The van der Waals surface area contributed by atoms with E-state index in [4.69, 9.17) is 47.2 Å². The van der Waals surface area contributed by atoms with Crippen LogP contribution in [0.15, 0.2) is 0 Å². The molecule has 0 unspecified atom stereocenters. The Balaban J connectivity index is -0.000000107. The molecule has 134 valence electrons. The lowest BCUT2D eigenvalue weighted by atomic mass is 10.1. The van der Waals surface area contributed by atoms with Gasteiger partial charge in [-0.2, -0.15) is 0 Å². The zero-order valence-electron chi connectivity index (χ0n) is 12.1. The van der Waals surface area contributed by atoms with Crippen molar-refractivity contribution in [2.75, 3.05) is 53.4 Å². The average molecular weight is 340 g/mol. The van der Waals surface area contributed by atoms with Crippen molar-refractivity contribution in [3.8, 4) is 0 Å². The Kier molecular flexibility index (Phi) is 24.7. The zero-order valence-corrected chi connectivity index (χ0v) is 13.0. The molecule has 0 spiro atoms. The highest BCUT2D eigenvalue weighted by Gasteiger charge is 2.21. The molecule has 0 aromatic rings. The summed E-state index contributed by atoms with van der Waals surface area (Å²) in [5.41, 5.74) is 7.88. The Hall–Kier alpha value is -0.110. The van der Waals surface area contributed by atoms with Crippen LogP contribution in [-0.4, -0.2) is 100 Å². The van der Waals surface area contributed by atoms with E-state index < -0.39 is 50.7 Å². The van der Waals surface area contributed by atoms with Crippen molar-refractivity contribution in [1.82, 2.24) is 5.32 Å². The maximum absolute atomic E-state index is 8.34. The molecule has 0 saturated carbocycles. The molecule has 0 amide bonds. The van der Waals surface area contributed by atoms with Crippen LogP contribution < -0.4 is 16.8 Å². The zero-order chi connectivity index (χ0) is 16.7. The molecule has 0 radical (unpaired) electrons. The predicted molar refractivity (Wildman–Crippen MR) is 79.7 cm³/mol. The second kappa shape index (κ2) is 17.9. The summed E-state index contributed by atoms with van der Waals surface area (Å²) >= 11 is 0. The van der Waals surface area contributed by atoms with E-state index in [1.165, 1.54) is 0 Å². The Morgan fingerprint density at radius 2 is 0.810 bits per heavy atom. The highest BCUT2D eigenvalue weighted by molar-refractivity contribution is 5.85. The fourth-order valence-electron chi connectivity index (χ4n) is 0.300. The van der Waals surface area contributed by atoms with Gasteiger partial charge < -0.3 is 47.2 Å². The van der Waals surface area contributed by atoms with Crippen molar-refractivity contribution >= 4 is 12.4 Å². The quantitative estimate of drug-likeness (QED) is 0.200. The summed E-state index contributed by atoms with van der Waals surface area (Å²) in [5, 5.41) is 60.3. The van der Waals surface area contributed by atoms with Gasteiger partial charge in [-0.1, -0.05) is 0 Å². The minimum Gasteiger partial charge on any atom is -0.394 e. The minimum absolute atomic E-state index is 0.